The number of hydrogen-bond donors (Lipinski definition) is 1. The van der Waals surface area contributed by atoms with E-state index in [0.717, 1.165) is 12.8 Å². The largest absolute Gasteiger partial charge is 0.505 e. The van der Waals surface area contributed by atoms with Crippen LogP contribution in [0.25, 0.3) is 11.4 Å². The molecule has 3 aromatic rings. The number of aliphatic hydroxyl groups is 1. The molecule has 178 valence electrons. The van der Waals surface area contributed by atoms with E-state index in [2.05, 4.69) is 11.9 Å². The number of ketones is 1. The quantitative estimate of drug-likeness (QED) is 0.224. The molecule has 1 amide bonds. The van der Waals surface area contributed by atoms with Crippen LogP contribution in [0.4, 0.5) is 0 Å². The van der Waals surface area contributed by atoms with Crippen molar-refractivity contribution in [3.8, 4) is 5.75 Å². The number of ether oxygens (including phenoxy) is 2. The Morgan fingerprint density at radius 1 is 1.15 bits per heavy atom. The van der Waals surface area contributed by atoms with E-state index in [-0.39, 0.29) is 24.5 Å². The number of aliphatic hydroxyl groups excluding tert-OH is 1. The molecule has 1 fully saturated rings. The molecular weight excluding hydrogens is 434 g/mol. The summed E-state index contributed by atoms with van der Waals surface area (Å²) in [6.45, 7) is 4.89. The average Bonchev–Trinajstić information content (AvgIpc) is 3.30. The maximum Gasteiger partial charge on any atom is 0.295 e. The highest BCUT2D eigenvalue weighted by Crippen LogP contribution is 2.40. The van der Waals surface area contributed by atoms with Gasteiger partial charge in [0.15, 0.2) is 5.76 Å². The number of rotatable bonds is 9. The Labute approximate surface area is 198 Å². The Hall–Kier alpha value is -3.65. The number of Topliss-reactive ketones (excluding diaryl/α,β-unsaturated/α-hetero) is 1. The minimum Gasteiger partial charge on any atom is -0.505 e. The number of methoxy groups -OCH3 is 1. The first kappa shape index (κ1) is 23.5. The molecule has 0 aliphatic carbocycles. The number of carbonyl (C=O) groups excluding carboxylic acids is 2. The lowest BCUT2D eigenvalue weighted by Gasteiger charge is -2.25. The molecule has 1 atom stereocenters. The summed E-state index contributed by atoms with van der Waals surface area (Å²) in [6, 6.07) is 12.0. The second-order valence-corrected chi connectivity index (χ2v) is 8.23. The summed E-state index contributed by atoms with van der Waals surface area (Å²) in [7, 11) is 1.54. The lowest BCUT2D eigenvalue weighted by molar-refractivity contribution is -0.140. The molecule has 3 heterocycles. The van der Waals surface area contributed by atoms with Gasteiger partial charge in [0.05, 0.1) is 30.5 Å². The van der Waals surface area contributed by atoms with E-state index < -0.39 is 17.7 Å². The van der Waals surface area contributed by atoms with Gasteiger partial charge in [-0.1, -0.05) is 31.5 Å². The SMILES string of the molecule is CCCCOc1cccc(C2C(=C(O)c3c(C)nc4ccccn34)C(=O)C(=O)N2CCOC)c1. The van der Waals surface area contributed by atoms with Crippen molar-refractivity contribution in [1.82, 2.24) is 14.3 Å². The number of imidazole rings is 1. The van der Waals surface area contributed by atoms with Gasteiger partial charge in [-0.2, -0.15) is 0 Å². The first-order valence-corrected chi connectivity index (χ1v) is 11.4. The first-order valence-electron chi connectivity index (χ1n) is 11.4. The molecule has 0 saturated carbocycles. The Balaban J connectivity index is 1.86. The highest BCUT2D eigenvalue weighted by molar-refractivity contribution is 6.46. The van der Waals surface area contributed by atoms with E-state index >= 15 is 0 Å². The molecule has 1 N–H and O–H groups in total. The smallest absolute Gasteiger partial charge is 0.295 e. The van der Waals surface area contributed by atoms with Crippen molar-refractivity contribution in [2.45, 2.75) is 32.7 Å². The summed E-state index contributed by atoms with van der Waals surface area (Å²) in [6.07, 6.45) is 3.70. The van der Waals surface area contributed by atoms with Crippen LogP contribution in [0, 0.1) is 6.92 Å². The number of likely N-dealkylation sites (tertiary alicyclic amines) is 1. The van der Waals surface area contributed by atoms with Crippen molar-refractivity contribution < 1.29 is 24.2 Å². The summed E-state index contributed by atoms with van der Waals surface area (Å²) in [5.41, 5.74) is 2.29. The van der Waals surface area contributed by atoms with Gasteiger partial charge in [0.25, 0.3) is 11.7 Å². The normalized spacial score (nSPS) is 17.6. The summed E-state index contributed by atoms with van der Waals surface area (Å²) < 4.78 is 12.8. The lowest BCUT2D eigenvalue weighted by Crippen LogP contribution is -2.32. The van der Waals surface area contributed by atoms with Crippen LogP contribution in [0.1, 0.15) is 42.8 Å². The van der Waals surface area contributed by atoms with E-state index in [9.17, 15) is 14.7 Å². The summed E-state index contributed by atoms with van der Waals surface area (Å²) in [4.78, 5) is 32.2. The third-order valence-corrected chi connectivity index (χ3v) is 5.95. The third kappa shape index (κ3) is 4.28. The zero-order valence-electron chi connectivity index (χ0n) is 19.7. The van der Waals surface area contributed by atoms with Gasteiger partial charge in [-0.05, 0) is 43.2 Å². The van der Waals surface area contributed by atoms with Crippen LogP contribution in [-0.4, -0.2) is 57.9 Å². The molecule has 1 unspecified atom stereocenters. The van der Waals surface area contributed by atoms with Crippen LogP contribution in [0.5, 0.6) is 5.75 Å². The Kier molecular flexibility index (Phi) is 6.98. The fourth-order valence-corrected chi connectivity index (χ4v) is 4.28. The number of aryl methyl sites for hydroxylation is 1. The van der Waals surface area contributed by atoms with Gasteiger partial charge in [0, 0.05) is 19.9 Å². The minimum absolute atomic E-state index is 0.0283. The lowest BCUT2D eigenvalue weighted by atomic mass is 9.96. The number of nitrogens with zero attached hydrogens (tertiary/aromatic N) is 3. The summed E-state index contributed by atoms with van der Waals surface area (Å²) in [5, 5.41) is 11.5. The van der Waals surface area contributed by atoms with Crippen LogP contribution in [0.3, 0.4) is 0 Å². The van der Waals surface area contributed by atoms with Crippen molar-refractivity contribution in [3.63, 3.8) is 0 Å². The second-order valence-electron chi connectivity index (χ2n) is 8.23. The maximum absolute atomic E-state index is 13.2. The van der Waals surface area contributed by atoms with Crippen molar-refractivity contribution in [3.05, 3.63) is 71.2 Å². The highest BCUT2D eigenvalue weighted by Gasteiger charge is 2.46. The molecule has 0 radical (unpaired) electrons. The zero-order chi connectivity index (χ0) is 24.2. The number of aromatic nitrogens is 2. The first-order chi connectivity index (χ1) is 16.5. The van der Waals surface area contributed by atoms with Gasteiger partial charge in [0.1, 0.15) is 17.1 Å². The summed E-state index contributed by atoms with van der Waals surface area (Å²) in [5.74, 6) is -1.01. The van der Waals surface area contributed by atoms with Crippen LogP contribution < -0.4 is 4.74 Å². The minimum atomic E-state index is -0.779. The number of fused-ring (bicyclic) bond motifs is 1. The molecule has 0 spiro atoms. The molecule has 1 aromatic carbocycles. The van der Waals surface area contributed by atoms with E-state index in [1.54, 1.807) is 17.5 Å². The predicted octanol–water partition coefficient (Wildman–Crippen LogP) is 3.89. The third-order valence-electron chi connectivity index (χ3n) is 5.95. The molecule has 34 heavy (non-hydrogen) atoms. The molecule has 1 aliphatic heterocycles. The van der Waals surface area contributed by atoms with Gasteiger partial charge in [-0.25, -0.2) is 4.98 Å². The van der Waals surface area contributed by atoms with Gasteiger partial charge < -0.3 is 19.5 Å². The number of unbranched alkanes of at least 4 members (excludes halogenated alkanes) is 1. The van der Waals surface area contributed by atoms with Crippen molar-refractivity contribution in [2.24, 2.45) is 0 Å². The average molecular weight is 464 g/mol. The van der Waals surface area contributed by atoms with Crippen molar-refractivity contribution in [2.75, 3.05) is 26.9 Å². The van der Waals surface area contributed by atoms with Gasteiger partial charge in [0.2, 0.25) is 0 Å². The molecule has 8 nitrogen and oxygen atoms in total. The molecular formula is C26H29N3O5. The molecule has 1 saturated heterocycles. The highest BCUT2D eigenvalue weighted by atomic mass is 16.5. The number of amides is 1. The molecule has 8 heteroatoms. The van der Waals surface area contributed by atoms with E-state index in [1.165, 1.54) is 12.0 Å². The molecule has 0 bridgehead atoms. The van der Waals surface area contributed by atoms with Gasteiger partial charge in [-0.3, -0.25) is 14.0 Å². The van der Waals surface area contributed by atoms with E-state index in [0.29, 0.717) is 35.0 Å². The topological polar surface area (TPSA) is 93.4 Å². The Bertz CT molecular complexity index is 1250. The standard InChI is InChI=1S/C26H29N3O5/c1-4-5-14-34-19-10-8-9-18(16-19)23-21(25(31)26(32)29(23)13-15-33-3)24(30)22-17(2)27-20-11-6-7-12-28(20)22/h6-12,16,23,30H,4-5,13-15H2,1-3H3. The van der Waals surface area contributed by atoms with E-state index in [4.69, 9.17) is 9.47 Å². The fraction of sp³-hybridized carbons (Fsp3) is 0.346. The zero-order valence-corrected chi connectivity index (χ0v) is 19.7. The molecule has 4 rings (SSSR count). The van der Waals surface area contributed by atoms with Gasteiger partial charge in [-0.15, -0.1) is 0 Å². The Morgan fingerprint density at radius 3 is 2.74 bits per heavy atom. The van der Waals surface area contributed by atoms with Crippen molar-refractivity contribution in [1.29, 1.82) is 0 Å². The molecule has 2 aromatic heterocycles. The second kappa shape index (κ2) is 10.1. The van der Waals surface area contributed by atoms with Crippen molar-refractivity contribution >= 4 is 23.1 Å². The Morgan fingerprint density at radius 2 is 1.97 bits per heavy atom. The predicted molar refractivity (Wildman–Crippen MR) is 128 cm³/mol. The monoisotopic (exact) mass is 463 g/mol. The van der Waals surface area contributed by atoms with Crippen LogP contribution >= 0.6 is 0 Å². The summed E-state index contributed by atoms with van der Waals surface area (Å²) >= 11 is 0. The van der Waals surface area contributed by atoms with Crippen LogP contribution in [-0.2, 0) is 14.3 Å². The van der Waals surface area contributed by atoms with Crippen LogP contribution in [0.2, 0.25) is 0 Å². The fourth-order valence-electron chi connectivity index (χ4n) is 4.28. The van der Waals surface area contributed by atoms with E-state index in [1.807, 2.05) is 42.5 Å². The number of pyridine rings is 1. The number of benzene rings is 1. The molecule has 1 aliphatic rings. The maximum atomic E-state index is 13.2. The number of hydrogen-bond acceptors (Lipinski definition) is 6. The van der Waals surface area contributed by atoms with Gasteiger partial charge >= 0.3 is 0 Å². The number of carbonyl (C=O) groups is 2. The van der Waals surface area contributed by atoms with Crippen LogP contribution in [0.15, 0.2) is 54.2 Å².